The molecule has 44 heavy (non-hydrogen) atoms. The molecule has 1 aromatic heterocycles. The number of carbonyl (C=O) groups excluding carboxylic acids is 1. The van der Waals surface area contributed by atoms with Crippen molar-refractivity contribution in [2.45, 2.75) is 42.5 Å². The Bertz CT molecular complexity index is 1770. The molecule has 0 radical (unpaired) electrons. The van der Waals surface area contributed by atoms with Crippen molar-refractivity contribution in [3.8, 4) is 0 Å². The van der Waals surface area contributed by atoms with Gasteiger partial charge in [0.15, 0.2) is 0 Å². The number of aromatic nitrogens is 2. The summed E-state index contributed by atoms with van der Waals surface area (Å²) in [6.07, 6.45) is 3.31. The Balaban J connectivity index is 1.29. The quantitative estimate of drug-likeness (QED) is 0.0922. The molecule has 0 fully saturated rings. The highest BCUT2D eigenvalue weighted by Gasteiger charge is 2.26. The lowest BCUT2D eigenvalue weighted by Crippen LogP contribution is -2.34. The van der Waals surface area contributed by atoms with Crippen molar-refractivity contribution in [3.63, 3.8) is 0 Å². The molecule has 0 aliphatic carbocycles. The zero-order valence-corrected chi connectivity index (χ0v) is 25.7. The van der Waals surface area contributed by atoms with Crippen molar-refractivity contribution in [2.75, 3.05) is 29.1 Å². The van der Waals surface area contributed by atoms with Crippen LogP contribution in [0.25, 0.3) is 0 Å². The molecule has 2 heterocycles. The van der Waals surface area contributed by atoms with Gasteiger partial charge < -0.3 is 10.2 Å². The Labute approximate surface area is 260 Å². The Morgan fingerprint density at radius 1 is 1.07 bits per heavy atom. The Hall–Kier alpha value is -4.49. The summed E-state index contributed by atoms with van der Waals surface area (Å²) in [7, 11) is -4.44. The van der Waals surface area contributed by atoms with E-state index < -0.39 is 31.4 Å². The molecule has 1 aliphatic rings. The van der Waals surface area contributed by atoms with Crippen LogP contribution in [0.2, 0.25) is 0 Å². The van der Waals surface area contributed by atoms with Crippen LogP contribution >= 0.6 is 11.8 Å². The minimum Gasteiger partial charge on any atom is -0.379 e. The third-order valence-electron chi connectivity index (χ3n) is 7.13. The molecular formula is C31H32N6O5S2. The van der Waals surface area contributed by atoms with E-state index in [0.29, 0.717) is 43.3 Å². The number of sulfonamides is 1. The second-order valence-corrected chi connectivity index (χ2v) is 13.0. The number of benzene rings is 3. The van der Waals surface area contributed by atoms with Crippen molar-refractivity contribution >= 4 is 45.0 Å². The summed E-state index contributed by atoms with van der Waals surface area (Å²) >= 11 is 1.59. The van der Waals surface area contributed by atoms with Gasteiger partial charge in [-0.15, -0.1) is 11.8 Å². The second kappa shape index (κ2) is 13.9. The van der Waals surface area contributed by atoms with Crippen LogP contribution in [0.5, 0.6) is 0 Å². The highest BCUT2D eigenvalue weighted by atomic mass is 32.2. The number of carbonyl (C=O) groups is 1. The van der Waals surface area contributed by atoms with Crippen LogP contribution in [0.3, 0.4) is 0 Å². The van der Waals surface area contributed by atoms with E-state index in [1.165, 1.54) is 29.5 Å². The number of amides is 1. The van der Waals surface area contributed by atoms with E-state index in [-0.39, 0.29) is 11.3 Å². The molecule has 3 aromatic carbocycles. The number of nitrogens with zero attached hydrogens (tertiary/aromatic N) is 4. The molecular weight excluding hydrogens is 601 g/mol. The number of nitro groups is 1. The maximum absolute atomic E-state index is 13.2. The number of aryl methyl sites for hydroxylation is 1. The molecule has 11 nitrogen and oxygen atoms in total. The predicted molar refractivity (Wildman–Crippen MR) is 171 cm³/mol. The molecule has 0 unspecified atom stereocenters. The number of hydrogen-bond acceptors (Lipinski definition) is 10. The van der Waals surface area contributed by atoms with Crippen LogP contribution < -0.4 is 14.9 Å². The highest BCUT2D eigenvalue weighted by molar-refractivity contribution is 7.99. The molecule has 2 N–H and O–H groups in total. The number of hydrogen-bond donors (Lipinski definition) is 2. The first-order valence-electron chi connectivity index (χ1n) is 14.2. The van der Waals surface area contributed by atoms with Crippen LogP contribution in [0.4, 0.5) is 17.3 Å². The third-order valence-corrected chi connectivity index (χ3v) is 9.48. The van der Waals surface area contributed by atoms with Crippen LogP contribution in [0, 0.1) is 10.1 Å². The standard InChI is InChI=1S/C31H32N6O5S2/c1-2-8-27-26(20-33-31(34-27)36-17-15-22-9-6-7-10-23(22)21-36)30(38)35-44(41,42)25-13-14-28(29(19-25)37(39)40)32-16-18-43-24-11-4-3-5-12-24/h3-7,9-14,19-20,32H,2,8,15-18,21H2,1H3,(H,35,38). The van der Waals surface area contributed by atoms with Gasteiger partial charge in [0.05, 0.1) is 21.1 Å². The number of fused-ring (bicyclic) bond motifs is 1. The SMILES string of the molecule is CCCc1nc(N2CCc3ccccc3C2)ncc1C(=O)NS(=O)(=O)c1ccc(NCCSc2ccccc2)c([N+](=O)[O-])c1. The minimum atomic E-state index is -4.44. The largest absolute Gasteiger partial charge is 0.379 e. The van der Waals surface area contributed by atoms with E-state index in [1.54, 1.807) is 11.8 Å². The molecule has 1 amide bonds. The van der Waals surface area contributed by atoms with Gasteiger partial charge in [0.25, 0.3) is 21.6 Å². The number of nitro benzene ring substituents is 1. The maximum Gasteiger partial charge on any atom is 0.293 e. The van der Waals surface area contributed by atoms with Crippen LogP contribution in [0.15, 0.2) is 88.8 Å². The summed E-state index contributed by atoms with van der Waals surface area (Å²) in [6.45, 7) is 3.71. The van der Waals surface area contributed by atoms with Gasteiger partial charge in [-0.3, -0.25) is 14.9 Å². The molecule has 0 bridgehead atoms. The number of nitrogens with one attached hydrogen (secondary N) is 2. The van der Waals surface area contributed by atoms with Crippen LogP contribution in [-0.2, 0) is 29.4 Å². The molecule has 13 heteroatoms. The monoisotopic (exact) mass is 632 g/mol. The summed E-state index contributed by atoms with van der Waals surface area (Å²) < 4.78 is 28.4. The highest BCUT2D eigenvalue weighted by Crippen LogP contribution is 2.28. The fraction of sp³-hybridized carbons (Fsp3) is 0.258. The topological polar surface area (TPSA) is 147 Å². The molecule has 0 spiro atoms. The molecule has 0 atom stereocenters. The van der Waals surface area contributed by atoms with E-state index in [9.17, 15) is 23.3 Å². The van der Waals surface area contributed by atoms with E-state index in [1.807, 2.05) is 59.0 Å². The van der Waals surface area contributed by atoms with Gasteiger partial charge >= 0.3 is 0 Å². The van der Waals surface area contributed by atoms with E-state index >= 15 is 0 Å². The fourth-order valence-corrected chi connectivity index (χ4v) is 6.70. The van der Waals surface area contributed by atoms with Gasteiger partial charge in [-0.05, 0) is 48.2 Å². The lowest BCUT2D eigenvalue weighted by atomic mass is 10.0. The Morgan fingerprint density at radius 2 is 1.82 bits per heavy atom. The summed E-state index contributed by atoms with van der Waals surface area (Å²) in [5, 5.41) is 14.8. The minimum absolute atomic E-state index is 0.0419. The van der Waals surface area contributed by atoms with Crippen molar-refractivity contribution in [1.82, 2.24) is 14.7 Å². The molecule has 0 saturated carbocycles. The van der Waals surface area contributed by atoms with E-state index in [0.717, 1.165) is 23.9 Å². The molecule has 5 rings (SSSR count). The molecule has 1 aliphatic heterocycles. The number of thioether (sulfide) groups is 1. The van der Waals surface area contributed by atoms with Crippen molar-refractivity contribution in [3.05, 3.63) is 111 Å². The van der Waals surface area contributed by atoms with Gasteiger partial charge in [0, 0.05) is 42.5 Å². The number of anilines is 2. The van der Waals surface area contributed by atoms with Gasteiger partial charge in [-0.2, -0.15) is 0 Å². The molecule has 0 saturated heterocycles. The average Bonchev–Trinajstić information content (AvgIpc) is 3.03. The number of rotatable bonds is 12. The van der Waals surface area contributed by atoms with Gasteiger partial charge in [-0.1, -0.05) is 55.8 Å². The lowest BCUT2D eigenvalue weighted by Gasteiger charge is -2.29. The fourth-order valence-electron chi connectivity index (χ4n) is 4.93. The maximum atomic E-state index is 13.2. The Morgan fingerprint density at radius 3 is 2.57 bits per heavy atom. The van der Waals surface area contributed by atoms with Gasteiger partial charge in [0.2, 0.25) is 5.95 Å². The molecule has 4 aromatic rings. The van der Waals surface area contributed by atoms with Gasteiger partial charge in [-0.25, -0.2) is 23.1 Å². The lowest BCUT2D eigenvalue weighted by molar-refractivity contribution is -0.384. The van der Waals surface area contributed by atoms with Crippen LogP contribution in [0.1, 0.15) is 40.5 Å². The van der Waals surface area contributed by atoms with E-state index in [2.05, 4.69) is 27.4 Å². The third kappa shape index (κ3) is 7.34. The summed E-state index contributed by atoms with van der Waals surface area (Å²) in [4.78, 5) is 36.1. The van der Waals surface area contributed by atoms with Crippen molar-refractivity contribution < 1.29 is 18.1 Å². The first-order chi connectivity index (χ1) is 21.2. The zero-order valence-electron chi connectivity index (χ0n) is 24.1. The van der Waals surface area contributed by atoms with Gasteiger partial charge in [0.1, 0.15) is 5.69 Å². The first kappa shape index (κ1) is 31.0. The summed E-state index contributed by atoms with van der Waals surface area (Å²) in [5.74, 6) is 0.221. The van der Waals surface area contributed by atoms with Crippen molar-refractivity contribution in [1.29, 1.82) is 0 Å². The van der Waals surface area contributed by atoms with E-state index in [4.69, 9.17) is 0 Å². The summed E-state index contributed by atoms with van der Waals surface area (Å²) in [6, 6.07) is 21.4. The smallest absolute Gasteiger partial charge is 0.293 e. The zero-order chi connectivity index (χ0) is 31.1. The second-order valence-electron chi connectivity index (χ2n) is 10.2. The Kier molecular flexibility index (Phi) is 9.75. The molecule has 228 valence electrons. The summed E-state index contributed by atoms with van der Waals surface area (Å²) in [5.41, 5.74) is 2.72. The predicted octanol–water partition coefficient (Wildman–Crippen LogP) is 5.22. The van der Waals surface area contributed by atoms with Crippen LogP contribution in [-0.4, -0.2) is 48.1 Å². The normalized spacial score (nSPS) is 12.8. The first-order valence-corrected chi connectivity index (χ1v) is 16.7. The van der Waals surface area contributed by atoms with Crippen molar-refractivity contribution in [2.24, 2.45) is 0 Å². The average molecular weight is 633 g/mol.